The normalized spacial score (nSPS) is 23.2. The van der Waals surface area contributed by atoms with Crippen molar-refractivity contribution in [1.29, 1.82) is 0 Å². The highest BCUT2D eigenvalue weighted by Crippen LogP contribution is 2.15. The summed E-state index contributed by atoms with van der Waals surface area (Å²) in [5, 5.41) is 0. The zero-order chi connectivity index (χ0) is 16.1. The largest absolute Gasteiger partial charge is 0.445 e. The summed E-state index contributed by atoms with van der Waals surface area (Å²) < 4.78 is 5.48. The summed E-state index contributed by atoms with van der Waals surface area (Å²) in [7, 11) is 2.16. The summed E-state index contributed by atoms with van der Waals surface area (Å²) in [5.41, 5.74) is 1.03. The SMILES string of the molecule is CN1CCN(C(=O)OCc2ccccc2)C[C@H]1CN1CCCC1. The molecule has 5 nitrogen and oxygen atoms in total. The van der Waals surface area contributed by atoms with Gasteiger partial charge in [-0.3, -0.25) is 4.90 Å². The fraction of sp³-hybridized carbons (Fsp3) is 0.611. The molecule has 1 atom stereocenters. The third-order valence-corrected chi connectivity index (χ3v) is 4.91. The van der Waals surface area contributed by atoms with Crippen molar-refractivity contribution in [2.75, 3.05) is 46.3 Å². The summed E-state index contributed by atoms with van der Waals surface area (Å²) in [6.07, 6.45) is 2.42. The van der Waals surface area contributed by atoms with E-state index in [0.29, 0.717) is 12.6 Å². The predicted octanol–water partition coefficient (Wildman–Crippen LogP) is 2.04. The van der Waals surface area contributed by atoms with Gasteiger partial charge < -0.3 is 14.5 Å². The lowest BCUT2D eigenvalue weighted by Gasteiger charge is -2.40. The number of nitrogens with zero attached hydrogens (tertiary/aromatic N) is 3. The molecular weight excluding hydrogens is 290 g/mol. The van der Waals surface area contributed by atoms with Crippen LogP contribution in [-0.4, -0.2) is 73.2 Å². The maximum absolute atomic E-state index is 12.3. The first-order chi connectivity index (χ1) is 11.2. The molecule has 0 bridgehead atoms. The van der Waals surface area contributed by atoms with Gasteiger partial charge in [0.15, 0.2) is 0 Å². The van der Waals surface area contributed by atoms with E-state index < -0.39 is 0 Å². The van der Waals surface area contributed by atoms with E-state index in [1.807, 2.05) is 35.2 Å². The van der Waals surface area contributed by atoms with Crippen LogP contribution in [0.1, 0.15) is 18.4 Å². The van der Waals surface area contributed by atoms with Gasteiger partial charge in [-0.1, -0.05) is 30.3 Å². The smallest absolute Gasteiger partial charge is 0.410 e. The maximum atomic E-state index is 12.3. The second-order valence-corrected chi connectivity index (χ2v) is 6.63. The molecule has 1 aromatic carbocycles. The van der Waals surface area contributed by atoms with Crippen LogP contribution in [0.4, 0.5) is 4.79 Å². The highest BCUT2D eigenvalue weighted by atomic mass is 16.6. The summed E-state index contributed by atoms with van der Waals surface area (Å²) >= 11 is 0. The molecule has 0 saturated carbocycles. The van der Waals surface area contributed by atoms with Crippen molar-refractivity contribution >= 4 is 6.09 Å². The van der Waals surface area contributed by atoms with Crippen molar-refractivity contribution in [2.24, 2.45) is 0 Å². The molecule has 1 aromatic rings. The standard InChI is InChI=1S/C18H27N3O2/c1-19-11-12-21(14-17(19)13-20-9-5-6-10-20)18(22)23-15-16-7-3-2-4-8-16/h2-4,7-8,17H,5-6,9-15H2,1H3/t17-/m1/s1. The first-order valence-corrected chi connectivity index (χ1v) is 8.60. The number of piperazine rings is 1. The van der Waals surface area contributed by atoms with Crippen LogP contribution < -0.4 is 0 Å². The first-order valence-electron chi connectivity index (χ1n) is 8.60. The van der Waals surface area contributed by atoms with Crippen LogP contribution in [0.5, 0.6) is 0 Å². The van der Waals surface area contributed by atoms with Gasteiger partial charge in [0.25, 0.3) is 0 Å². The average molecular weight is 317 g/mol. The Morgan fingerprint density at radius 1 is 1.13 bits per heavy atom. The molecule has 0 N–H and O–H groups in total. The minimum Gasteiger partial charge on any atom is -0.445 e. The van der Waals surface area contributed by atoms with Gasteiger partial charge in [0.05, 0.1) is 0 Å². The molecule has 23 heavy (non-hydrogen) atoms. The van der Waals surface area contributed by atoms with E-state index in [0.717, 1.165) is 31.7 Å². The van der Waals surface area contributed by atoms with E-state index in [4.69, 9.17) is 4.74 Å². The Kier molecular flexibility index (Phi) is 5.51. The van der Waals surface area contributed by atoms with E-state index in [9.17, 15) is 4.79 Å². The Labute approximate surface area is 138 Å². The van der Waals surface area contributed by atoms with Crippen molar-refractivity contribution < 1.29 is 9.53 Å². The van der Waals surface area contributed by atoms with E-state index in [-0.39, 0.29) is 6.09 Å². The van der Waals surface area contributed by atoms with Gasteiger partial charge in [0.1, 0.15) is 6.61 Å². The van der Waals surface area contributed by atoms with Gasteiger partial charge in [0.2, 0.25) is 0 Å². The summed E-state index contributed by atoms with van der Waals surface area (Å²) in [4.78, 5) is 19.1. The number of hydrogen-bond donors (Lipinski definition) is 0. The molecule has 2 aliphatic rings. The number of likely N-dealkylation sites (tertiary alicyclic amines) is 1. The topological polar surface area (TPSA) is 36.0 Å². The van der Waals surface area contributed by atoms with Crippen LogP contribution in [-0.2, 0) is 11.3 Å². The number of ether oxygens (including phenoxy) is 1. The highest BCUT2D eigenvalue weighted by Gasteiger charge is 2.30. The van der Waals surface area contributed by atoms with Gasteiger partial charge in [-0.15, -0.1) is 0 Å². The van der Waals surface area contributed by atoms with Crippen molar-refractivity contribution in [3.63, 3.8) is 0 Å². The van der Waals surface area contributed by atoms with Crippen molar-refractivity contribution in [3.05, 3.63) is 35.9 Å². The number of amides is 1. The zero-order valence-corrected chi connectivity index (χ0v) is 14.0. The van der Waals surface area contributed by atoms with Crippen LogP contribution in [0.25, 0.3) is 0 Å². The Bertz CT molecular complexity index is 502. The third kappa shape index (κ3) is 4.45. The Hall–Kier alpha value is -1.59. The van der Waals surface area contributed by atoms with E-state index in [1.54, 1.807) is 0 Å². The zero-order valence-electron chi connectivity index (χ0n) is 14.0. The Balaban J connectivity index is 1.49. The molecule has 126 valence electrons. The number of rotatable bonds is 4. The number of carbonyl (C=O) groups excluding carboxylic acids is 1. The van der Waals surface area contributed by atoms with E-state index in [1.165, 1.54) is 25.9 Å². The predicted molar refractivity (Wildman–Crippen MR) is 90.3 cm³/mol. The molecule has 2 saturated heterocycles. The molecule has 2 aliphatic heterocycles. The minimum atomic E-state index is -0.187. The van der Waals surface area contributed by atoms with Crippen molar-refractivity contribution in [2.45, 2.75) is 25.5 Å². The van der Waals surface area contributed by atoms with E-state index >= 15 is 0 Å². The average Bonchev–Trinajstić information content (AvgIpc) is 3.09. The number of benzene rings is 1. The van der Waals surface area contributed by atoms with Gasteiger partial charge in [-0.2, -0.15) is 0 Å². The lowest BCUT2D eigenvalue weighted by Crippen LogP contribution is -2.56. The lowest BCUT2D eigenvalue weighted by atomic mass is 10.1. The molecular formula is C18H27N3O2. The number of carbonyl (C=O) groups is 1. The molecule has 0 aromatic heterocycles. The van der Waals surface area contributed by atoms with Gasteiger partial charge >= 0.3 is 6.09 Å². The molecule has 5 heteroatoms. The first kappa shape index (κ1) is 16.3. The Morgan fingerprint density at radius 3 is 2.61 bits per heavy atom. The quantitative estimate of drug-likeness (QED) is 0.851. The van der Waals surface area contributed by atoms with Crippen LogP contribution in [0.3, 0.4) is 0 Å². The van der Waals surface area contributed by atoms with Crippen LogP contribution in [0.2, 0.25) is 0 Å². The minimum absolute atomic E-state index is 0.187. The van der Waals surface area contributed by atoms with Crippen LogP contribution in [0, 0.1) is 0 Å². The number of likely N-dealkylation sites (N-methyl/N-ethyl adjacent to an activating group) is 1. The van der Waals surface area contributed by atoms with Gasteiger partial charge in [-0.05, 0) is 38.5 Å². The molecule has 0 unspecified atom stereocenters. The van der Waals surface area contributed by atoms with E-state index in [2.05, 4.69) is 16.8 Å². The molecule has 3 rings (SSSR count). The monoisotopic (exact) mass is 317 g/mol. The Morgan fingerprint density at radius 2 is 1.87 bits per heavy atom. The molecule has 2 heterocycles. The summed E-state index contributed by atoms with van der Waals surface area (Å²) in [6, 6.07) is 10.3. The van der Waals surface area contributed by atoms with Gasteiger partial charge in [-0.25, -0.2) is 4.79 Å². The second-order valence-electron chi connectivity index (χ2n) is 6.63. The van der Waals surface area contributed by atoms with Crippen LogP contribution in [0.15, 0.2) is 30.3 Å². The maximum Gasteiger partial charge on any atom is 0.410 e. The fourth-order valence-corrected chi connectivity index (χ4v) is 3.38. The molecule has 2 fully saturated rings. The van der Waals surface area contributed by atoms with Gasteiger partial charge in [0, 0.05) is 32.2 Å². The second kappa shape index (κ2) is 7.79. The molecule has 0 aliphatic carbocycles. The van der Waals surface area contributed by atoms with Crippen LogP contribution >= 0.6 is 0 Å². The fourth-order valence-electron chi connectivity index (χ4n) is 3.38. The summed E-state index contributed by atoms with van der Waals surface area (Å²) in [6.45, 7) is 6.23. The van der Waals surface area contributed by atoms with Crippen molar-refractivity contribution in [1.82, 2.24) is 14.7 Å². The highest BCUT2D eigenvalue weighted by molar-refractivity contribution is 5.67. The molecule has 1 amide bonds. The number of hydrogen-bond acceptors (Lipinski definition) is 4. The van der Waals surface area contributed by atoms with Crippen molar-refractivity contribution in [3.8, 4) is 0 Å². The molecule has 0 radical (unpaired) electrons. The lowest BCUT2D eigenvalue weighted by molar-refractivity contribution is 0.0476. The molecule has 0 spiro atoms. The third-order valence-electron chi connectivity index (χ3n) is 4.91. The summed E-state index contributed by atoms with van der Waals surface area (Å²) in [5.74, 6) is 0.